The van der Waals surface area contributed by atoms with E-state index in [4.69, 9.17) is 5.73 Å². The smallest absolute Gasteiger partial charge is 0 e. The number of hydrogen-bond donors (Lipinski definition) is 0. The average Bonchev–Trinajstić information content (AvgIpc) is 2.16. The van der Waals surface area contributed by atoms with Crippen LogP contribution in [0.2, 0.25) is 0 Å². The third kappa shape index (κ3) is 24.5. The van der Waals surface area contributed by atoms with Crippen LogP contribution in [0, 0.1) is 0 Å². The molecule has 1 nitrogen and oxygen atoms in total. The van der Waals surface area contributed by atoms with Crippen LogP contribution < -0.4 is 0 Å². The Kier molecular flexibility index (Phi) is 40.8. The second-order valence-corrected chi connectivity index (χ2v) is 3.93. The summed E-state index contributed by atoms with van der Waals surface area (Å²) in [4.78, 5) is 0. The summed E-state index contributed by atoms with van der Waals surface area (Å²) in [7, 11) is 0. The zero-order chi connectivity index (χ0) is 9.78. The van der Waals surface area contributed by atoms with Gasteiger partial charge in [0.25, 0.3) is 0 Å². The standard InChI is InChI=1S/C12H26N.2ClH.Ti/c1-2-3-4-5-6-7-8-9-10-11-12-13;;;/h13H,2-12H2,1H3;2*1H;/q-1;;;. The molecule has 0 aromatic heterocycles. The summed E-state index contributed by atoms with van der Waals surface area (Å²) in [5.74, 6) is 0. The molecule has 0 rings (SSSR count). The molecule has 100 valence electrons. The van der Waals surface area contributed by atoms with E-state index in [0.29, 0.717) is 6.54 Å². The third-order valence-electron chi connectivity index (χ3n) is 2.53. The van der Waals surface area contributed by atoms with Crippen molar-refractivity contribution in [3.05, 3.63) is 5.73 Å². The van der Waals surface area contributed by atoms with E-state index in [1.54, 1.807) is 0 Å². The fourth-order valence-corrected chi connectivity index (χ4v) is 1.61. The molecule has 0 unspecified atom stereocenters. The van der Waals surface area contributed by atoms with E-state index < -0.39 is 0 Å². The molecule has 0 atom stereocenters. The first-order chi connectivity index (χ1) is 6.41. The van der Waals surface area contributed by atoms with E-state index in [0.717, 1.165) is 6.42 Å². The molecule has 0 saturated carbocycles. The third-order valence-corrected chi connectivity index (χ3v) is 2.53. The minimum absolute atomic E-state index is 0. The van der Waals surface area contributed by atoms with Gasteiger partial charge in [-0.05, 0) is 0 Å². The Balaban J connectivity index is -0.000000240. The zero-order valence-corrected chi connectivity index (χ0v) is 13.8. The van der Waals surface area contributed by atoms with Crippen molar-refractivity contribution in [3.63, 3.8) is 0 Å². The summed E-state index contributed by atoms with van der Waals surface area (Å²) < 4.78 is 0. The normalized spacial score (nSPS) is 8.62. The maximum Gasteiger partial charge on any atom is 0 e. The van der Waals surface area contributed by atoms with E-state index in [2.05, 4.69) is 6.92 Å². The Labute approximate surface area is 129 Å². The van der Waals surface area contributed by atoms with Gasteiger partial charge in [0.1, 0.15) is 0 Å². The van der Waals surface area contributed by atoms with Crippen molar-refractivity contribution in [2.75, 3.05) is 6.54 Å². The quantitative estimate of drug-likeness (QED) is 0.360. The molecule has 0 heterocycles. The van der Waals surface area contributed by atoms with Gasteiger partial charge < -0.3 is 5.73 Å². The van der Waals surface area contributed by atoms with Gasteiger partial charge in [-0.25, -0.2) is 0 Å². The minimum atomic E-state index is 0. The van der Waals surface area contributed by atoms with Crippen LogP contribution in [0.25, 0.3) is 5.73 Å². The molecule has 0 aromatic rings. The average molecular weight is 305 g/mol. The first-order valence-corrected chi connectivity index (χ1v) is 6.06. The van der Waals surface area contributed by atoms with Crippen LogP contribution in [0.15, 0.2) is 0 Å². The Hall–Kier alpha value is 1.25. The molecule has 0 aromatic carbocycles. The van der Waals surface area contributed by atoms with Crippen LogP contribution in [0.3, 0.4) is 0 Å². The van der Waals surface area contributed by atoms with Crippen molar-refractivity contribution in [3.8, 4) is 0 Å². The Morgan fingerprint density at radius 3 is 1.25 bits per heavy atom. The molecule has 0 saturated heterocycles. The van der Waals surface area contributed by atoms with Gasteiger partial charge in [0.2, 0.25) is 0 Å². The molecule has 4 heteroatoms. The first kappa shape index (κ1) is 25.9. The SMILES string of the molecule is CCCCCCCCCCCC[NH-].Cl.Cl.[Ti]. The zero-order valence-electron chi connectivity index (χ0n) is 10.6. The van der Waals surface area contributed by atoms with E-state index in [1.807, 2.05) is 0 Å². The van der Waals surface area contributed by atoms with Crippen molar-refractivity contribution >= 4 is 24.8 Å². The molecule has 0 spiro atoms. The summed E-state index contributed by atoms with van der Waals surface area (Å²) in [6.45, 7) is 2.89. The van der Waals surface area contributed by atoms with Crippen molar-refractivity contribution in [1.82, 2.24) is 0 Å². The molecule has 0 aliphatic rings. The summed E-state index contributed by atoms with van der Waals surface area (Å²) in [6.07, 6.45) is 13.6. The van der Waals surface area contributed by atoms with Gasteiger partial charge in [-0.1, -0.05) is 71.1 Å². The van der Waals surface area contributed by atoms with Crippen LogP contribution in [0.4, 0.5) is 0 Å². The summed E-state index contributed by atoms with van der Waals surface area (Å²) in [5, 5.41) is 0. The van der Waals surface area contributed by atoms with Gasteiger partial charge in [0.05, 0.1) is 0 Å². The van der Waals surface area contributed by atoms with Gasteiger partial charge in [0, 0.05) is 21.7 Å². The summed E-state index contributed by atoms with van der Waals surface area (Å²) >= 11 is 0. The van der Waals surface area contributed by atoms with Crippen LogP contribution in [-0.2, 0) is 21.7 Å². The molecule has 0 fully saturated rings. The maximum atomic E-state index is 7.00. The maximum absolute atomic E-state index is 7.00. The number of unbranched alkanes of at least 4 members (excludes halogenated alkanes) is 9. The first-order valence-electron chi connectivity index (χ1n) is 6.06. The minimum Gasteiger partial charge on any atom is -0.677 e. The fraction of sp³-hybridized carbons (Fsp3) is 1.00. The summed E-state index contributed by atoms with van der Waals surface area (Å²) in [6, 6.07) is 0. The van der Waals surface area contributed by atoms with Crippen molar-refractivity contribution in [2.24, 2.45) is 0 Å². The number of nitrogens with one attached hydrogen (secondary N) is 1. The molecule has 0 bridgehead atoms. The molecule has 0 amide bonds. The van der Waals surface area contributed by atoms with Crippen molar-refractivity contribution < 1.29 is 21.7 Å². The molecule has 0 radical (unpaired) electrons. The van der Waals surface area contributed by atoms with E-state index >= 15 is 0 Å². The van der Waals surface area contributed by atoms with Crippen LogP contribution in [-0.4, -0.2) is 6.54 Å². The van der Waals surface area contributed by atoms with Crippen molar-refractivity contribution in [2.45, 2.75) is 71.1 Å². The monoisotopic (exact) mass is 304 g/mol. The van der Waals surface area contributed by atoms with Gasteiger partial charge in [-0.15, -0.1) is 24.8 Å². The second-order valence-electron chi connectivity index (χ2n) is 3.93. The van der Waals surface area contributed by atoms with Crippen LogP contribution in [0.5, 0.6) is 0 Å². The van der Waals surface area contributed by atoms with Gasteiger partial charge in [-0.3, -0.25) is 0 Å². The van der Waals surface area contributed by atoms with Gasteiger partial charge in [0.15, 0.2) is 0 Å². The second kappa shape index (κ2) is 25.2. The topological polar surface area (TPSA) is 23.8 Å². The Morgan fingerprint density at radius 1 is 0.625 bits per heavy atom. The largest absolute Gasteiger partial charge is 0.677 e. The van der Waals surface area contributed by atoms with Gasteiger partial charge >= 0.3 is 0 Å². The number of rotatable bonds is 10. The van der Waals surface area contributed by atoms with E-state index in [9.17, 15) is 0 Å². The van der Waals surface area contributed by atoms with E-state index in [1.165, 1.54) is 57.8 Å². The predicted molar refractivity (Wildman–Crippen MR) is 75.5 cm³/mol. The summed E-state index contributed by atoms with van der Waals surface area (Å²) in [5.41, 5.74) is 7.00. The van der Waals surface area contributed by atoms with Gasteiger partial charge in [-0.2, -0.15) is 6.54 Å². The molecule has 1 N–H and O–H groups in total. The molecular formula is C12H28Cl2NTi-. The van der Waals surface area contributed by atoms with Crippen LogP contribution in [0.1, 0.15) is 71.1 Å². The van der Waals surface area contributed by atoms with Crippen LogP contribution >= 0.6 is 24.8 Å². The number of halogens is 2. The molecular weight excluding hydrogens is 277 g/mol. The molecule has 0 aliphatic heterocycles. The molecule has 0 aliphatic carbocycles. The molecule has 16 heavy (non-hydrogen) atoms. The van der Waals surface area contributed by atoms with Crippen molar-refractivity contribution in [1.29, 1.82) is 0 Å². The number of hydrogen-bond acceptors (Lipinski definition) is 0. The fourth-order valence-electron chi connectivity index (χ4n) is 1.61. The predicted octanol–water partition coefficient (Wildman–Crippen LogP) is 5.80. The Bertz CT molecular complexity index is 85.1. The van der Waals surface area contributed by atoms with E-state index in [-0.39, 0.29) is 46.5 Å². The Morgan fingerprint density at radius 2 is 0.938 bits per heavy atom.